The number of rotatable bonds is 2. The summed E-state index contributed by atoms with van der Waals surface area (Å²) in [5.74, 6) is 0. The van der Waals surface area contributed by atoms with Crippen LogP contribution in [0.15, 0.2) is 0 Å². The number of hydrogen-bond donors (Lipinski definition) is 2. The minimum Gasteiger partial charge on any atom is -0.598 e. The molecule has 2 fully saturated rings. The number of carbonyl (C=O) groups is 1. The van der Waals surface area contributed by atoms with Crippen LogP contribution in [0.4, 0.5) is 4.79 Å². The summed E-state index contributed by atoms with van der Waals surface area (Å²) in [5, 5.41) is 8.98. The first-order chi connectivity index (χ1) is 8.74. The highest BCUT2D eigenvalue weighted by Gasteiger charge is 2.51. The van der Waals surface area contributed by atoms with E-state index in [-0.39, 0.29) is 16.2 Å². The number of amides is 1. The first-order valence-electron chi connectivity index (χ1n) is 6.90. The Kier molecular flexibility index (Phi) is 4.05. The molecule has 6 heteroatoms. The second-order valence-corrected chi connectivity index (χ2v) is 8.72. The van der Waals surface area contributed by atoms with Crippen molar-refractivity contribution in [3.63, 3.8) is 0 Å². The fourth-order valence-electron chi connectivity index (χ4n) is 2.93. The molecule has 5 nitrogen and oxygen atoms in total. The third-order valence-corrected chi connectivity index (χ3v) is 6.12. The van der Waals surface area contributed by atoms with Crippen molar-refractivity contribution in [1.82, 2.24) is 9.62 Å². The maximum atomic E-state index is 12.2. The van der Waals surface area contributed by atoms with Gasteiger partial charge in [-0.15, -0.1) is 4.72 Å². The van der Waals surface area contributed by atoms with Crippen LogP contribution in [-0.2, 0) is 11.4 Å². The molecule has 2 N–H and O–H groups in total. The van der Waals surface area contributed by atoms with Crippen LogP contribution in [-0.4, -0.2) is 44.5 Å². The molecule has 2 rings (SSSR count). The normalized spacial score (nSPS) is 28.0. The molecule has 1 aliphatic heterocycles. The average Bonchev–Trinajstić information content (AvgIpc) is 2.33. The standard InChI is InChI=1S/C13H24N2O3S/c1-12(2,3)19(18)14-10-4-5-13(10)6-8-15(9-7-13)11(16)17/h10,14H,4-9H2,1-3H3,(H,16,17)/t10?,19-/m0/s1. The van der Waals surface area contributed by atoms with Crippen LogP contribution < -0.4 is 4.72 Å². The molecule has 0 aromatic carbocycles. The van der Waals surface area contributed by atoms with Crippen LogP contribution in [0.25, 0.3) is 0 Å². The van der Waals surface area contributed by atoms with Crippen molar-refractivity contribution in [3.05, 3.63) is 0 Å². The summed E-state index contributed by atoms with van der Waals surface area (Å²) in [6.45, 7) is 7.11. The molecule has 1 spiro atoms. The summed E-state index contributed by atoms with van der Waals surface area (Å²) in [4.78, 5) is 12.4. The van der Waals surface area contributed by atoms with E-state index in [0.717, 1.165) is 25.7 Å². The van der Waals surface area contributed by atoms with Gasteiger partial charge in [-0.05, 0) is 51.9 Å². The van der Waals surface area contributed by atoms with Crippen molar-refractivity contribution in [2.75, 3.05) is 13.1 Å². The van der Waals surface area contributed by atoms with Gasteiger partial charge in [-0.2, -0.15) is 0 Å². The second-order valence-electron chi connectivity index (χ2n) is 6.72. The monoisotopic (exact) mass is 288 g/mol. The van der Waals surface area contributed by atoms with Crippen LogP contribution >= 0.6 is 0 Å². The molecule has 1 heterocycles. The van der Waals surface area contributed by atoms with Gasteiger partial charge in [0.2, 0.25) is 0 Å². The van der Waals surface area contributed by atoms with Crippen molar-refractivity contribution in [1.29, 1.82) is 0 Å². The predicted molar refractivity (Wildman–Crippen MR) is 75.3 cm³/mol. The van der Waals surface area contributed by atoms with E-state index in [9.17, 15) is 9.35 Å². The highest BCUT2D eigenvalue weighted by atomic mass is 32.2. The van der Waals surface area contributed by atoms with Gasteiger partial charge in [-0.25, -0.2) is 4.79 Å². The fraction of sp³-hybridized carbons (Fsp3) is 0.923. The molecular formula is C13H24N2O3S. The fourth-order valence-corrected chi connectivity index (χ4v) is 3.91. The van der Waals surface area contributed by atoms with Gasteiger partial charge in [0.1, 0.15) is 4.75 Å². The zero-order valence-corrected chi connectivity index (χ0v) is 12.8. The summed E-state index contributed by atoms with van der Waals surface area (Å²) in [6.07, 6.45) is 3.13. The summed E-state index contributed by atoms with van der Waals surface area (Å²) in [7, 11) is 0. The van der Waals surface area contributed by atoms with Crippen molar-refractivity contribution in [3.8, 4) is 0 Å². The van der Waals surface area contributed by atoms with Crippen molar-refractivity contribution >= 4 is 17.5 Å². The highest BCUT2D eigenvalue weighted by molar-refractivity contribution is 7.90. The maximum absolute atomic E-state index is 12.2. The first-order valence-corrected chi connectivity index (χ1v) is 8.05. The Balaban J connectivity index is 1.91. The molecule has 0 bridgehead atoms. The van der Waals surface area contributed by atoms with Crippen molar-refractivity contribution in [2.24, 2.45) is 5.41 Å². The number of hydrogen-bond acceptors (Lipinski definition) is 3. The smallest absolute Gasteiger partial charge is 0.407 e. The first kappa shape index (κ1) is 14.9. The Bertz CT molecular complexity index is 348. The largest absolute Gasteiger partial charge is 0.598 e. The number of piperidine rings is 1. The molecule has 1 unspecified atom stereocenters. The third-order valence-electron chi connectivity index (χ3n) is 4.51. The molecular weight excluding hydrogens is 264 g/mol. The Labute approximate surface area is 118 Å². The van der Waals surface area contributed by atoms with E-state index in [1.54, 1.807) is 0 Å². The van der Waals surface area contributed by atoms with Crippen LogP contribution in [0.2, 0.25) is 0 Å². The minimum absolute atomic E-state index is 0.173. The number of nitrogens with one attached hydrogen (secondary N) is 1. The lowest BCUT2D eigenvalue weighted by atomic mass is 9.60. The molecule has 1 saturated heterocycles. The average molecular weight is 288 g/mol. The van der Waals surface area contributed by atoms with Gasteiger partial charge in [0.05, 0.1) is 6.04 Å². The number of carboxylic acid groups (broad SMARTS) is 1. The summed E-state index contributed by atoms with van der Waals surface area (Å²) in [5.41, 5.74) is 0.173. The topological polar surface area (TPSA) is 75.6 Å². The number of nitrogens with zero attached hydrogens (tertiary/aromatic N) is 1. The molecule has 2 aliphatic rings. The molecule has 1 saturated carbocycles. The molecule has 2 atom stereocenters. The van der Waals surface area contributed by atoms with Gasteiger partial charge in [-0.1, -0.05) is 0 Å². The summed E-state index contributed by atoms with van der Waals surface area (Å²) in [6, 6.07) is 0.281. The zero-order chi connectivity index (χ0) is 14.3. The van der Waals surface area contributed by atoms with Crippen LogP contribution in [0.1, 0.15) is 46.5 Å². The highest BCUT2D eigenvalue weighted by Crippen LogP contribution is 2.49. The molecule has 0 aromatic heterocycles. The van der Waals surface area contributed by atoms with Crippen molar-refractivity contribution in [2.45, 2.75) is 57.2 Å². The van der Waals surface area contributed by atoms with E-state index in [1.807, 2.05) is 20.8 Å². The van der Waals surface area contributed by atoms with E-state index < -0.39 is 17.5 Å². The predicted octanol–water partition coefficient (Wildman–Crippen LogP) is 1.96. The molecule has 1 aliphatic carbocycles. The lowest BCUT2D eigenvalue weighted by Gasteiger charge is -2.53. The van der Waals surface area contributed by atoms with E-state index >= 15 is 0 Å². The lowest BCUT2D eigenvalue weighted by Crippen LogP contribution is -2.61. The second kappa shape index (κ2) is 5.14. The molecule has 1 amide bonds. The van der Waals surface area contributed by atoms with E-state index in [2.05, 4.69) is 4.72 Å². The van der Waals surface area contributed by atoms with Crippen molar-refractivity contribution < 1.29 is 14.5 Å². The van der Waals surface area contributed by atoms with E-state index in [1.165, 1.54) is 4.90 Å². The summed E-state index contributed by atoms with van der Waals surface area (Å²) >= 11 is -1.04. The Morgan fingerprint density at radius 1 is 1.37 bits per heavy atom. The lowest BCUT2D eigenvalue weighted by molar-refractivity contribution is 0.00666. The molecule has 19 heavy (non-hydrogen) atoms. The third kappa shape index (κ3) is 3.01. The van der Waals surface area contributed by atoms with Gasteiger partial charge in [-0.3, -0.25) is 0 Å². The Morgan fingerprint density at radius 3 is 2.32 bits per heavy atom. The number of likely N-dealkylation sites (tertiary alicyclic amines) is 1. The van der Waals surface area contributed by atoms with Crippen LogP contribution in [0.5, 0.6) is 0 Å². The van der Waals surface area contributed by atoms with Crippen LogP contribution in [0, 0.1) is 5.41 Å². The van der Waals surface area contributed by atoms with Gasteiger partial charge in [0.25, 0.3) is 0 Å². The van der Waals surface area contributed by atoms with Gasteiger partial charge < -0.3 is 14.6 Å². The maximum Gasteiger partial charge on any atom is 0.407 e. The van der Waals surface area contributed by atoms with Gasteiger partial charge in [0, 0.05) is 24.5 Å². The van der Waals surface area contributed by atoms with Gasteiger partial charge >= 0.3 is 6.09 Å². The Hall–Kier alpha value is -0.460. The van der Waals surface area contributed by atoms with Gasteiger partial charge in [0.15, 0.2) is 0 Å². The quantitative estimate of drug-likeness (QED) is 0.762. The minimum atomic E-state index is -1.04. The Morgan fingerprint density at radius 2 is 1.95 bits per heavy atom. The summed E-state index contributed by atoms with van der Waals surface area (Å²) < 4.78 is 15.2. The SMILES string of the molecule is CC(C)(C)[S@+]([O-])NC1CCC12CCN(C(=O)O)CC2. The van der Waals surface area contributed by atoms with E-state index in [0.29, 0.717) is 13.1 Å². The molecule has 0 radical (unpaired) electrons. The molecule has 110 valence electrons. The van der Waals surface area contributed by atoms with Crippen LogP contribution in [0.3, 0.4) is 0 Å². The molecule has 0 aromatic rings. The zero-order valence-electron chi connectivity index (χ0n) is 11.9. The van der Waals surface area contributed by atoms with E-state index in [4.69, 9.17) is 5.11 Å².